The summed E-state index contributed by atoms with van der Waals surface area (Å²) in [5.74, 6) is 2.21. The van der Waals surface area contributed by atoms with Gasteiger partial charge in [0.1, 0.15) is 11.7 Å². The maximum absolute atomic E-state index is 12.1. The van der Waals surface area contributed by atoms with Gasteiger partial charge in [-0.1, -0.05) is 6.07 Å². The monoisotopic (exact) mass is 478 g/mol. The summed E-state index contributed by atoms with van der Waals surface area (Å²) in [5.41, 5.74) is 0.167. The minimum absolute atomic E-state index is 0.0995. The van der Waals surface area contributed by atoms with E-state index in [1.54, 1.807) is 0 Å². The maximum Gasteiger partial charge on any atom is 0.309 e. The van der Waals surface area contributed by atoms with Crippen LogP contribution in [0.1, 0.15) is 58.4 Å². The SMILES string of the molecule is Cc1ccc(N2CCN(C(C)(C)C(=NC3C4CC5CC3CC(C(=O)O)(C5)C4)NC#N)C(C)C2)nc1. The van der Waals surface area contributed by atoms with Crippen LogP contribution in [0.2, 0.25) is 0 Å². The van der Waals surface area contributed by atoms with Crippen LogP contribution < -0.4 is 10.2 Å². The van der Waals surface area contributed by atoms with Crippen molar-refractivity contribution < 1.29 is 9.90 Å². The lowest BCUT2D eigenvalue weighted by molar-refractivity contribution is -0.166. The standard InChI is InChI=1S/C27H38N6O2/c1-17-5-6-22(29-14-17)32-7-8-33(18(2)15-32)26(3,4)24(30-16-28)31-23-20-9-19-10-21(23)13-27(11-19,12-20)25(34)35/h5-6,14,18-21,23H,7-13,15H2,1-4H3,(H,30,31)(H,34,35). The molecule has 4 aliphatic carbocycles. The Morgan fingerprint density at radius 2 is 1.97 bits per heavy atom. The number of anilines is 1. The molecule has 6 rings (SSSR count). The number of aliphatic carboxylic acids is 1. The zero-order valence-corrected chi connectivity index (χ0v) is 21.4. The third-order valence-electron chi connectivity index (χ3n) is 9.27. The van der Waals surface area contributed by atoms with Gasteiger partial charge in [0.15, 0.2) is 6.19 Å². The van der Waals surface area contributed by atoms with E-state index in [0.29, 0.717) is 17.8 Å². The van der Waals surface area contributed by atoms with Crippen molar-refractivity contribution in [3.05, 3.63) is 23.9 Å². The van der Waals surface area contributed by atoms with E-state index in [-0.39, 0.29) is 12.1 Å². The number of amidine groups is 1. The third-order valence-corrected chi connectivity index (χ3v) is 9.27. The Labute approximate surface area is 208 Å². The fourth-order valence-corrected chi connectivity index (χ4v) is 7.79. The van der Waals surface area contributed by atoms with Crippen LogP contribution in [0.4, 0.5) is 5.82 Å². The zero-order chi connectivity index (χ0) is 25.0. The van der Waals surface area contributed by atoms with Crippen molar-refractivity contribution in [1.82, 2.24) is 15.2 Å². The first-order valence-electron chi connectivity index (χ1n) is 13.0. The summed E-state index contributed by atoms with van der Waals surface area (Å²) >= 11 is 0. The van der Waals surface area contributed by atoms with Gasteiger partial charge in [0.05, 0.1) is 17.0 Å². The van der Waals surface area contributed by atoms with Crippen molar-refractivity contribution in [2.75, 3.05) is 24.5 Å². The van der Waals surface area contributed by atoms with Crippen molar-refractivity contribution in [3.63, 3.8) is 0 Å². The average molecular weight is 479 g/mol. The van der Waals surface area contributed by atoms with E-state index in [1.807, 2.05) is 13.1 Å². The number of hydrogen-bond donors (Lipinski definition) is 2. The van der Waals surface area contributed by atoms with E-state index in [9.17, 15) is 15.2 Å². The largest absolute Gasteiger partial charge is 0.481 e. The number of pyridine rings is 1. The minimum Gasteiger partial charge on any atom is -0.481 e. The Balaban J connectivity index is 1.36. The van der Waals surface area contributed by atoms with Gasteiger partial charge in [-0.05, 0) is 89.2 Å². The van der Waals surface area contributed by atoms with Gasteiger partial charge in [0, 0.05) is 31.9 Å². The van der Waals surface area contributed by atoms with Crippen LogP contribution in [0.3, 0.4) is 0 Å². The highest BCUT2D eigenvalue weighted by Crippen LogP contribution is 2.61. The predicted molar refractivity (Wildman–Crippen MR) is 135 cm³/mol. The molecule has 0 amide bonds. The molecule has 3 atom stereocenters. The zero-order valence-electron chi connectivity index (χ0n) is 21.4. The number of aryl methyl sites for hydroxylation is 1. The molecule has 2 heterocycles. The van der Waals surface area contributed by atoms with Crippen LogP contribution in [-0.4, -0.2) is 64.1 Å². The molecule has 5 fully saturated rings. The number of carboxylic acid groups (broad SMARTS) is 1. The van der Waals surface area contributed by atoms with Crippen molar-refractivity contribution in [1.29, 1.82) is 5.26 Å². The third kappa shape index (κ3) is 4.18. The van der Waals surface area contributed by atoms with Gasteiger partial charge in [0.25, 0.3) is 0 Å². The quantitative estimate of drug-likeness (QED) is 0.289. The number of carbonyl (C=O) groups is 1. The topological polar surface area (TPSA) is 105 Å². The number of aromatic nitrogens is 1. The Kier molecular flexibility index (Phi) is 6.03. The summed E-state index contributed by atoms with van der Waals surface area (Å²) in [6, 6.07) is 4.54. The van der Waals surface area contributed by atoms with Gasteiger partial charge in [0.2, 0.25) is 0 Å². The molecule has 1 aromatic heterocycles. The smallest absolute Gasteiger partial charge is 0.309 e. The van der Waals surface area contributed by atoms with Crippen molar-refractivity contribution in [3.8, 4) is 6.19 Å². The van der Waals surface area contributed by atoms with E-state index >= 15 is 0 Å². The molecule has 188 valence electrons. The van der Waals surface area contributed by atoms with E-state index in [2.05, 4.69) is 59.2 Å². The number of piperazine rings is 1. The first kappa shape index (κ1) is 24.1. The Morgan fingerprint density at radius 3 is 2.54 bits per heavy atom. The highest BCUT2D eigenvalue weighted by Gasteiger charge is 2.59. The minimum atomic E-state index is -0.621. The second-order valence-electron chi connectivity index (χ2n) is 12.0. The molecule has 1 saturated heterocycles. The van der Waals surface area contributed by atoms with Crippen LogP contribution in [0.15, 0.2) is 23.3 Å². The van der Waals surface area contributed by atoms with Crippen LogP contribution in [0.5, 0.6) is 0 Å². The molecule has 4 saturated carbocycles. The number of aliphatic imine (C=N–C) groups is 1. The highest BCUT2D eigenvalue weighted by molar-refractivity contribution is 5.92. The number of rotatable bonds is 5. The molecule has 1 aromatic rings. The molecule has 3 unspecified atom stereocenters. The highest BCUT2D eigenvalue weighted by atomic mass is 16.4. The lowest BCUT2D eigenvalue weighted by atomic mass is 9.48. The number of nitrogens with zero attached hydrogens (tertiary/aromatic N) is 5. The number of carboxylic acids is 1. The van der Waals surface area contributed by atoms with Crippen LogP contribution in [0, 0.1) is 41.5 Å². The van der Waals surface area contributed by atoms with Crippen molar-refractivity contribution in [2.45, 2.75) is 77.4 Å². The van der Waals surface area contributed by atoms with Crippen LogP contribution >= 0.6 is 0 Å². The molecule has 1 aliphatic heterocycles. The van der Waals surface area contributed by atoms with Gasteiger partial charge < -0.3 is 10.0 Å². The number of hydrogen-bond acceptors (Lipinski definition) is 6. The first-order chi connectivity index (χ1) is 16.6. The van der Waals surface area contributed by atoms with Gasteiger partial charge >= 0.3 is 5.97 Å². The van der Waals surface area contributed by atoms with E-state index in [0.717, 1.165) is 69.0 Å². The predicted octanol–water partition coefficient (Wildman–Crippen LogP) is 3.43. The molecule has 0 spiro atoms. The van der Waals surface area contributed by atoms with Crippen LogP contribution in [0.25, 0.3) is 0 Å². The lowest BCUT2D eigenvalue weighted by Crippen LogP contribution is -2.64. The first-order valence-corrected chi connectivity index (χ1v) is 13.0. The Bertz CT molecular complexity index is 1030. The molecular weight excluding hydrogens is 440 g/mol. The van der Waals surface area contributed by atoms with Gasteiger partial charge in [-0.15, -0.1) is 0 Å². The molecule has 5 aliphatic rings. The molecule has 0 aromatic carbocycles. The molecule has 8 nitrogen and oxygen atoms in total. The summed E-state index contributed by atoms with van der Waals surface area (Å²) in [6.45, 7) is 11.2. The van der Waals surface area contributed by atoms with E-state index in [1.165, 1.54) is 0 Å². The lowest BCUT2D eigenvalue weighted by Gasteiger charge is -2.57. The van der Waals surface area contributed by atoms with Crippen LogP contribution in [-0.2, 0) is 4.79 Å². The summed E-state index contributed by atoms with van der Waals surface area (Å²) in [6.07, 6.45) is 8.48. The summed E-state index contributed by atoms with van der Waals surface area (Å²) in [7, 11) is 0. The molecular formula is C27H38N6O2. The van der Waals surface area contributed by atoms with E-state index < -0.39 is 16.9 Å². The second kappa shape index (κ2) is 8.77. The molecule has 35 heavy (non-hydrogen) atoms. The average Bonchev–Trinajstić information content (AvgIpc) is 2.80. The number of nitrogens with one attached hydrogen (secondary N) is 1. The fraction of sp³-hybridized carbons (Fsp3) is 0.704. The molecule has 4 bridgehead atoms. The Morgan fingerprint density at radius 1 is 1.26 bits per heavy atom. The molecule has 0 radical (unpaired) electrons. The Hall–Kier alpha value is -2.66. The van der Waals surface area contributed by atoms with Crippen molar-refractivity contribution in [2.24, 2.45) is 28.2 Å². The van der Waals surface area contributed by atoms with E-state index in [4.69, 9.17) is 4.99 Å². The maximum atomic E-state index is 12.1. The summed E-state index contributed by atoms with van der Waals surface area (Å²) < 4.78 is 0. The van der Waals surface area contributed by atoms with Gasteiger partial charge in [-0.2, -0.15) is 5.26 Å². The molecule has 8 heteroatoms. The van der Waals surface area contributed by atoms with Gasteiger partial charge in [-0.3, -0.25) is 20.0 Å². The second-order valence-corrected chi connectivity index (χ2v) is 12.0. The number of nitriles is 1. The van der Waals surface area contributed by atoms with Crippen molar-refractivity contribution >= 4 is 17.6 Å². The normalized spacial score (nSPS) is 35.1. The van der Waals surface area contributed by atoms with Gasteiger partial charge in [-0.25, -0.2) is 4.98 Å². The molecule has 2 N–H and O–H groups in total. The fourth-order valence-electron chi connectivity index (χ4n) is 7.79. The summed E-state index contributed by atoms with van der Waals surface area (Å²) in [5, 5.41) is 22.5. The summed E-state index contributed by atoms with van der Waals surface area (Å²) in [4.78, 5) is 26.8.